The Morgan fingerprint density at radius 1 is 1.50 bits per heavy atom. The molecule has 0 aliphatic carbocycles. The fourth-order valence-corrected chi connectivity index (χ4v) is 2.85. The summed E-state index contributed by atoms with van der Waals surface area (Å²) in [5.74, 6) is 0.120. The molecule has 2 aromatic rings. The van der Waals surface area contributed by atoms with E-state index in [1.54, 1.807) is 11.7 Å². The zero-order valence-corrected chi connectivity index (χ0v) is 12.7. The molecule has 0 fully saturated rings. The van der Waals surface area contributed by atoms with E-state index in [0.29, 0.717) is 6.42 Å². The van der Waals surface area contributed by atoms with Gasteiger partial charge in [-0.15, -0.1) is 11.3 Å². The molecule has 0 saturated heterocycles. The lowest BCUT2D eigenvalue weighted by Crippen LogP contribution is -2.03. The van der Waals surface area contributed by atoms with Crippen LogP contribution in [0.25, 0.3) is 0 Å². The van der Waals surface area contributed by atoms with E-state index in [-0.39, 0.29) is 5.78 Å². The van der Waals surface area contributed by atoms with E-state index in [9.17, 15) is 4.79 Å². The fraction of sp³-hybridized carbons (Fsp3) is 0.0909. The average Bonchev–Trinajstić information content (AvgIpc) is 2.74. The van der Waals surface area contributed by atoms with Gasteiger partial charge < -0.3 is 0 Å². The molecule has 82 valence electrons. The molecule has 0 bridgehead atoms. The van der Waals surface area contributed by atoms with Crippen LogP contribution in [0.2, 0.25) is 0 Å². The van der Waals surface area contributed by atoms with Crippen molar-refractivity contribution in [1.29, 1.82) is 0 Å². The second kappa shape index (κ2) is 5.37. The van der Waals surface area contributed by atoms with E-state index in [1.807, 2.05) is 18.2 Å². The van der Waals surface area contributed by atoms with Crippen molar-refractivity contribution in [1.82, 2.24) is 4.98 Å². The number of benzene rings is 1. The molecule has 1 heterocycles. The zero-order chi connectivity index (χ0) is 11.5. The number of halogens is 2. The number of rotatable bonds is 3. The molecular weight excluding hydrogens is 401 g/mol. The predicted octanol–water partition coefficient (Wildman–Crippen LogP) is 3.94. The maximum Gasteiger partial charge on any atom is 0.169 e. The van der Waals surface area contributed by atoms with E-state index >= 15 is 0 Å². The van der Waals surface area contributed by atoms with Crippen molar-refractivity contribution in [2.45, 2.75) is 6.42 Å². The van der Waals surface area contributed by atoms with Gasteiger partial charge in [-0.25, -0.2) is 0 Å². The molecule has 0 amide bonds. The number of aromatic nitrogens is 1. The van der Waals surface area contributed by atoms with E-state index in [2.05, 4.69) is 43.5 Å². The van der Waals surface area contributed by atoms with Crippen LogP contribution in [0.1, 0.15) is 15.2 Å². The highest BCUT2D eigenvalue weighted by Gasteiger charge is 2.12. The van der Waals surface area contributed by atoms with E-state index in [4.69, 9.17) is 0 Å². The Balaban J connectivity index is 2.24. The van der Waals surface area contributed by atoms with Crippen molar-refractivity contribution < 1.29 is 4.79 Å². The van der Waals surface area contributed by atoms with Crippen molar-refractivity contribution >= 4 is 55.6 Å². The van der Waals surface area contributed by atoms with Gasteiger partial charge >= 0.3 is 0 Å². The van der Waals surface area contributed by atoms with Crippen LogP contribution in [0, 0.1) is 3.57 Å². The number of nitrogens with zero attached hydrogens (tertiary/aromatic N) is 1. The standard InChI is InChI=1S/C11H7BrINOS/c12-10-2-1-7(13)3-9(10)11(15)4-8-5-14-6-16-8/h1-3,5-6H,4H2. The summed E-state index contributed by atoms with van der Waals surface area (Å²) in [4.78, 5) is 17.0. The van der Waals surface area contributed by atoms with Crippen LogP contribution in [-0.4, -0.2) is 10.8 Å². The van der Waals surface area contributed by atoms with Gasteiger partial charge in [-0.2, -0.15) is 0 Å². The summed E-state index contributed by atoms with van der Waals surface area (Å²) in [5, 5.41) is 0. The lowest BCUT2D eigenvalue weighted by atomic mass is 10.1. The molecule has 2 nitrogen and oxygen atoms in total. The first kappa shape index (κ1) is 12.2. The van der Waals surface area contributed by atoms with E-state index < -0.39 is 0 Å². The first-order valence-electron chi connectivity index (χ1n) is 4.52. The number of hydrogen-bond donors (Lipinski definition) is 0. The molecular formula is C11H7BrINOS. The first-order chi connectivity index (χ1) is 7.66. The minimum absolute atomic E-state index is 0.120. The first-order valence-corrected chi connectivity index (χ1v) is 7.27. The van der Waals surface area contributed by atoms with Crippen LogP contribution in [0.4, 0.5) is 0 Å². The Kier molecular flexibility index (Phi) is 4.10. The number of hydrogen-bond acceptors (Lipinski definition) is 3. The third-order valence-corrected chi connectivity index (χ3v) is 4.19. The summed E-state index contributed by atoms with van der Waals surface area (Å²) in [5.41, 5.74) is 2.48. The molecule has 16 heavy (non-hydrogen) atoms. The summed E-state index contributed by atoms with van der Waals surface area (Å²) < 4.78 is 1.91. The Morgan fingerprint density at radius 2 is 2.31 bits per heavy atom. The maximum atomic E-state index is 12.0. The monoisotopic (exact) mass is 407 g/mol. The number of carbonyl (C=O) groups is 1. The summed E-state index contributed by atoms with van der Waals surface area (Å²) in [6.07, 6.45) is 2.16. The minimum atomic E-state index is 0.120. The second-order valence-electron chi connectivity index (χ2n) is 3.19. The van der Waals surface area contributed by atoms with E-state index in [0.717, 1.165) is 18.5 Å². The van der Waals surface area contributed by atoms with Crippen molar-refractivity contribution in [3.8, 4) is 0 Å². The molecule has 0 aliphatic rings. The van der Waals surface area contributed by atoms with Crippen LogP contribution in [0.3, 0.4) is 0 Å². The van der Waals surface area contributed by atoms with Crippen molar-refractivity contribution in [2.75, 3.05) is 0 Å². The molecule has 0 unspecified atom stereocenters. The van der Waals surface area contributed by atoms with Crippen LogP contribution in [0.5, 0.6) is 0 Å². The van der Waals surface area contributed by atoms with Gasteiger partial charge in [-0.1, -0.05) is 15.9 Å². The predicted molar refractivity (Wildman–Crippen MR) is 77.0 cm³/mol. The average molecular weight is 408 g/mol. The summed E-state index contributed by atoms with van der Waals surface area (Å²) >= 11 is 7.11. The molecule has 0 atom stereocenters. The fourth-order valence-electron chi connectivity index (χ4n) is 1.29. The topological polar surface area (TPSA) is 30.0 Å². The highest BCUT2D eigenvalue weighted by molar-refractivity contribution is 14.1. The Hall–Kier alpha value is -0.270. The molecule has 0 saturated carbocycles. The number of Topliss-reactive ketones (excluding diaryl/α,β-unsaturated/α-hetero) is 1. The molecule has 1 aromatic carbocycles. The van der Waals surface area contributed by atoms with Crippen LogP contribution < -0.4 is 0 Å². The largest absolute Gasteiger partial charge is 0.294 e. The van der Waals surface area contributed by atoms with Crippen molar-refractivity contribution in [2.24, 2.45) is 0 Å². The SMILES string of the molecule is O=C(Cc1cncs1)c1cc(I)ccc1Br. The molecule has 0 N–H and O–H groups in total. The molecule has 1 aromatic heterocycles. The molecule has 2 rings (SSSR count). The lowest BCUT2D eigenvalue weighted by Gasteiger charge is -2.03. The van der Waals surface area contributed by atoms with Gasteiger partial charge in [0, 0.05) is 31.1 Å². The summed E-state index contributed by atoms with van der Waals surface area (Å²) in [6, 6.07) is 5.77. The summed E-state index contributed by atoms with van der Waals surface area (Å²) in [6.45, 7) is 0. The van der Waals surface area contributed by atoms with Gasteiger partial charge in [0.2, 0.25) is 0 Å². The molecule has 5 heteroatoms. The van der Waals surface area contributed by atoms with Crippen LogP contribution in [-0.2, 0) is 6.42 Å². The van der Waals surface area contributed by atoms with E-state index in [1.165, 1.54) is 11.3 Å². The Labute approximate surface area is 119 Å². The van der Waals surface area contributed by atoms with Crippen molar-refractivity contribution in [3.05, 3.63) is 48.4 Å². The van der Waals surface area contributed by atoms with Crippen LogP contribution >= 0.6 is 49.9 Å². The smallest absolute Gasteiger partial charge is 0.169 e. The highest BCUT2D eigenvalue weighted by Crippen LogP contribution is 2.21. The minimum Gasteiger partial charge on any atom is -0.294 e. The Bertz CT molecular complexity index is 513. The summed E-state index contributed by atoms with van der Waals surface area (Å²) in [7, 11) is 0. The van der Waals surface area contributed by atoms with Gasteiger partial charge in [-0.3, -0.25) is 9.78 Å². The normalized spacial score (nSPS) is 10.4. The zero-order valence-electron chi connectivity index (χ0n) is 8.11. The molecule has 0 spiro atoms. The quantitative estimate of drug-likeness (QED) is 0.569. The lowest BCUT2D eigenvalue weighted by molar-refractivity contribution is 0.0993. The maximum absolute atomic E-state index is 12.0. The molecule has 0 radical (unpaired) electrons. The van der Waals surface area contributed by atoms with Gasteiger partial charge in [0.15, 0.2) is 5.78 Å². The van der Waals surface area contributed by atoms with Gasteiger partial charge in [0.1, 0.15) is 0 Å². The second-order valence-corrected chi connectivity index (χ2v) is 6.26. The van der Waals surface area contributed by atoms with Gasteiger partial charge in [-0.05, 0) is 40.8 Å². The Morgan fingerprint density at radius 3 is 3.00 bits per heavy atom. The van der Waals surface area contributed by atoms with Gasteiger partial charge in [0.25, 0.3) is 0 Å². The number of thiazole rings is 1. The van der Waals surface area contributed by atoms with Gasteiger partial charge in [0.05, 0.1) is 5.51 Å². The molecule has 0 aliphatic heterocycles. The van der Waals surface area contributed by atoms with Crippen LogP contribution in [0.15, 0.2) is 34.4 Å². The third kappa shape index (κ3) is 2.89. The number of ketones is 1. The highest BCUT2D eigenvalue weighted by atomic mass is 127. The van der Waals surface area contributed by atoms with Crippen molar-refractivity contribution in [3.63, 3.8) is 0 Å². The number of carbonyl (C=O) groups excluding carboxylic acids is 1. The third-order valence-electron chi connectivity index (χ3n) is 2.05.